The van der Waals surface area contributed by atoms with E-state index in [0.717, 1.165) is 6.07 Å². The van der Waals surface area contributed by atoms with Crippen molar-refractivity contribution in [2.24, 2.45) is 0 Å². The number of nitro groups is 1. The van der Waals surface area contributed by atoms with Gasteiger partial charge in [0.1, 0.15) is 10.7 Å². The normalized spacial score (nSPS) is 11.3. The maximum atomic E-state index is 14.0. The Balaban J connectivity index is 2.54. The number of nitrogens with zero attached hydrogens (tertiary/aromatic N) is 1. The topological polar surface area (TPSA) is 89.3 Å². The Morgan fingerprint density at radius 3 is 2.52 bits per heavy atom. The molecule has 1 N–H and O–H groups in total. The minimum absolute atomic E-state index is 0.0328. The number of aryl methyl sites for hydroxylation is 1. The van der Waals surface area contributed by atoms with Crippen LogP contribution in [0.3, 0.4) is 0 Å². The van der Waals surface area contributed by atoms with Crippen LogP contribution in [-0.4, -0.2) is 13.3 Å². The second-order valence-electron chi connectivity index (χ2n) is 4.84. The van der Waals surface area contributed by atoms with Crippen LogP contribution in [-0.2, 0) is 10.0 Å². The molecular weight excluding hydrogens is 347 g/mol. The Hall–Kier alpha value is -2.19. The molecule has 6 nitrogen and oxygen atoms in total. The van der Waals surface area contributed by atoms with Crippen LogP contribution < -0.4 is 4.72 Å². The third-order valence-electron chi connectivity index (χ3n) is 3.25. The standard InChI is InChI=1S/C14H12ClFN2O4S/c1-8-6-11(16)14(7-13(8)18(19)20)23(21,22)17-12-5-3-4-10(15)9(12)2/h3-7,17H,1-2H3. The molecule has 0 saturated carbocycles. The van der Waals surface area contributed by atoms with E-state index in [1.807, 2.05) is 0 Å². The van der Waals surface area contributed by atoms with E-state index in [4.69, 9.17) is 11.6 Å². The van der Waals surface area contributed by atoms with Gasteiger partial charge < -0.3 is 0 Å². The minimum atomic E-state index is -4.34. The van der Waals surface area contributed by atoms with Gasteiger partial charge in [0.25, 0.3) is 15.7 Å². The van der Waals surface area contributed by atoms with E-state index < -0.39 is 31.3 Å². The molecular formula is C14H12ClFN2O4S. The minimum Gasteiger partial charge on any atom is -0.279 e. The average Bonchev–Trinajstić information content (AvgIpc) is 2.43. The monoisotopic (exact) mass is 358 g/mol. The molecule has 2 aromatic rings. The predicted octanol–water partition coefficient (Wildman–Crippen LogP) is 3.80. The first-order valence-electron chi connectivity index (χ1n) is 6.36. The molecule has 0 aliphatic carbocycles. The molecule has 0 radical (unpaired) electrons. The highest BCUT2D eigenvalue weighted by Gasteiger charge is 2.25. The number of anilines is 1. The number of nitro benzene ring substituents is 1. The lowest BCUT2D eigenvalue weighted by Crippen LogP contribution is -2.16. The van der Waals surface area contributed by atoms with Crippen LogP contribution in [0, 0.1) is 29.8 Å². The van der Waals surface area contributed by atoms with Gasteiger partial charge in [0.2, 0.25) is 0 Å². The van der Waals surface area contributed by atoms with Crippen molar-refractivity contribution in [3.05, 3.63) is 62.4 Å². The van der Waals surface area contributed by atoms with Gasteiger partial charge in [0.05, 0.1) is 10.6 Å². The molecule has 0 heterocycles. The van der Waals surface area contributed by atoms with Crippen LogP contribution >= 0.6 is 11.6 Å². The second kappa shape index (κ2) is 6.13. The van der Waals surface area contributed by atoms with Gasteiger partial charge in [0.15, 0.2) is 0 Å². The first-order valence-corrected chi connectivity index (χ1v) is 8.22. The molecule has 2 rings (SSSR count). The highest BCUT2D eigenvalue weighted by Crippen LogP contribution is 2.29. The Labute approximate surface area is 137 Å². The molecule has 0 bridgehead atoms. The van der Waals surface area contributed by atoms with E-state index in [2.05, 4.69) is 4.72 Å². The first-order chi connectivity index (χ1) is 10.6. The number of sulfonamides is 1. The first kappa shape index (κ1) is 17.2. The van der Waals surface area contributed by atoms with Crippen molar-refractivity contribution in [3.8, 4) is 0 Å². The van der Waals surface area contributed by atoms with Gasteiger partial charge in [-0.2, -0.15) is 0 Å². The van der Waals surface area contributed by atoms with E-state index in [-0.39, 0.29) is 11.3 Å². The zero-order chi connectivity index (χ0) is 17.4. The SMILES string of the molecule is Cc1cc(F)c(S(=O)(=O)Nc2cccc(Cl)c2C)cc1[N+](=O)[O-]. The second-order valence-corrected chi connectivity index (χ2v) is 6.90. The highest BCUT2D eigenvalue weighted by atomic mass is 35.5. The molecule has 0 atom stereocenters. The van der Waals surface area contributed by atoms with Crippen LogP contribution in [0.15, 0.2) is 35.2 Å². The summed E-state index contributed by atoms with van der Waals surface area (Å²) in [4.78, 5) is 9.36. The third-order valence-corrected chi connectivity index (χ3v) is 5.04. The Kier molecular flexibility index (Phi) is 4.58. The van der Waals surface area contributed by atoms with Crippen LogP contribution in [0.1, 0.15) is 11.1 Å². The summed E-state index contributed by atoms with van der Waals surface area (Å²) in [5.74, 6) is -1.07. The lowest BCUT2D eigenvalue weighted by Gasteiger charge is -2.12. The van der Waals surface area contributed by atoms with Gasteiger partial charge in [0, 0.05) is 16.7 Å². The number of benzene rings is 2. The molecule has 2 aromatic carbocycles. The molecule has 0 spiro atoms. The van der Waals surface area contributed by atoms with E-state index in [0.29, 0.717) is 16.7 Å². The molecule has 9 heteroatoms. The molecule has 0 fully saturated rings. The quantitative estimate of drug-likeness (QED) is 0.664. The Morgan fingerprint density at radius 2 is 1.91 bits per heavy atom. The van der Waals surface area contributed by atoms with E-state index in [1.54, 1.807) is 13.0 Å². The molecule has 0 unspecified atom stereocenters. The lowest BCUT2D eigenvalue weighted by molar-refractivity contribution is -0.385. The molecule has 0 amide bonds. The van der Waals surface area contributed by atoms with Crippen molar-refractivity contribution in [1.29, 1.82) is 0 Å². The molecule has 0 aromatic heterocycles. The van der Waals surface area contributed by atoms with Crippen molar-refractivity contribution < 1.29 is 17.7 Å². The smallest absolute Gasteiger partial charge is 0.273 e. The van der Waals surface area contributed by atoms with Crippen LogP contribution in [0.25, 0.3) is 0 Å². The summed E-state index contributed by atoms with van der Waals surface area (Å²) in [6.45, 7) is 2.92. The molecule has 23 heavy (non-hydrogen) atoms. The van der Waals surface area contributed by atoms with Crippen molar-refractivity contribution in [2.75, 3.05) is 4.72 Å². The maximum Gasteiger partial charge on any atom is 0.273 e. The van der Waals surface area contributed by atoms with Gasteiger partial charge in [-0.05, 0) is 37.6 Å². The van der Waals surface area contributed by atoms with Gasteiger partial charge in [-0.3, -0.25) is 14.8 Å². The van der Waals surface area contributed by atoms with E-state index in [9.17, 15) is 22.9 Å². The molecule has 0 aliphatic rings. The maximum absolute atomic E-state index is 14.0. The Bertz CT molecular complexity index is 900. The largest absolute Gasteiger partial charge is 0.279 e. The van der Waals surface area contributed by atoms with Crippen molar-refractivity contribution in [3.63, 3.8) is 0 Å². The van der Waals surface area contributed by atoms with Crippen molar-refractivity contribution in [2.45, 2.75) is 18.7 Å². The zero-order valence-electron chi connectivity index (χ0n) is 12.1. The third kappa shape index (κ3) is 3.43. The summed E-state index contributed by atoms with van der Waals surface area (Å²) < 4.78 is 40.9. The summed E-state index contributed by atoms with van der Waals surface area (Å²) in [6, 6.07) is 6.08. The molecule has 122 valence electrons. The van der Waals surface area contributed by atoms with Gasteiger partial charge >= 0.3 is 0 Å². The summed E-state index contributed by atoms with van der Waals surface area (Å²) in [7, 11) is -4.34. The van der Waals surface area contributed by atoms with E-state index >= 15 is 0 Å². The average molecular weight is 359 g/mol. The fourth-order valence-electron chi connectivity index (χ4n) is 1.96. The summed E-state index contributed by atoms with van der Waals surface area (Å²) >= 11 is 5.91. The lowest BCUT2D eigenvalue weighted by atomic mass is 10.2. The van der Waals surface area contributed by atoms with E-state index in [1.165, 1.54) is 19.1 Å². The number of halogens is 2. The number of hydrogen-bond acceptors (Lipinski definition) is 4. The zero-order valence-corrected chi connectivity index (χ0v) is 13.7. The fraction of sp³-hybridized carbons (Fsp3) is 0.143. The number of rotatable bonds is 4. The predicted molar refractivity (Wildman–Crippen MR) is 84.8 cm³/mol. The number of nitrogens with one attached hydrogen (secondary N) is 1. The Morgan fingerprint density at radius 1 is 1.26 bits per heavy atom. The van der Waals surface area contributed by atoms with Crippen LogP contribution in [0.4, 0.5) is 15.8 Å². The summed E-state index contributed by atoms with van der Waals surface area (Å²) in [6.07, 6.45) is 0. The van der Waals surface area contributed by atoms with Crippen LogP contribution in [0.2, 0.25) is 5.02 Å². The van der Waals surface area contributed by atoms with Crippen LogP contribution in [0.5, 0.6) is 0 Å². The summed E-state index contributed by atoms with van der Waals surface area (Å²) in [5.41, 5.74) is 0.180. The van der Waals surface area contributed by atoms with Crippen molar-refractivity contribution in [1.82, 2.24) is 0 Å². The molecule has 0 aliphatic heterocycles. The van der Waals surface area contributed by atoms with Gasteiger partial charge in [-0.15, -0.1) is 0 Å². The number of hydrogen-bond donors (Lipinski definition) is 1. The van der Waals surface area contributed by atoms with Gasteiger partial charge in [-0.25, -0.2) is 12.8 Å². The van der Waals surface area contributed by atoms with Gasteiger partial charge in [-0.1, -0.05) is 17.7 Å². The van der Waals surface area contributed by atoms with Crippen molar-refractivity contribution >= 4 is 33.0 Å². The molecule has 0 saturated heterocycles. The fourth-order valence-corrected chi connectivity index (χ4v) is 3.34. The summed E-state index contributed by atoms with van der Waals surface area (Å²) in [5, 5.41) is 11.3. The highest BCUT2D eigenvalue weighted by molar-refractivity contribution is 7.92.